The van der Waals surface area contributed by atoms with Crippen LogP contribution >= 0.6 is 0 Å². The molecular formula is C7H11AlF6O. The van der Waals surface area contributed by atoms with E-state index >= 15 is 0 Å². The third-order valence-corrected chi connectivity index (χ3v) is 2.33. The predicted molar refractivity (Wildman–Crippen MR) is 42.6 cm³/mol. The topological polar surface area (TPSA) is 23.1 Å². The number of hydrogen-bond donors (Lipinski definition) is 0. The molecule has 0 spiro atoms. The zero-order valence-electron chi connectivity index (χ0n) is 8.24. The molecule has 0 radical (unpaired) electrons. The van der Waals surface area contributed by atoms with E-state index in [1.807, 2.05) is 0 Å². The quantitative estimate of drug-likeness (QED) is 0.546. The Morgan fingerprint density at radius 3 is 1.20 bits per heavy atom. The Hall–Kier alpha value is 0.0725. The SMILES string of the molecule is C[CH2][Al+][CH2]C.[O-]C(C(F)(F)F)C(F)(F)F. The minimum atomic E-state index is -5.74. The van der Waals surface area contributed by atoms with Gasteiger partial charge in [0.15, 0.2) is 0 Å². The van der Waals surface area contributed by atoms with Gasteiger partial charge in [0.05, 0.1) is 6.10 Å². The summed E-state index contributed by atoms with van der Waals surface area (Å²) in [5.74, 6) is 0. The van der Waals surface area contributed by atoms with Gasteiger partial charge in [-0.3, -0.25) is 0 Å². The fourth-order valence-electron chi connectivity index (χ4n) is 0.474. The van der Waals surface area contributed by atoms with Crippen molar-refractivity contribution in [1.29, 1.82) is 0 Å². The molecule has 0 N–H and O–H groups in total. The van der Waals surface area contributed by atoms with Crippen molar-refractivity contribution in [1.82, 2.24) is 0 Å². The molecule has 0 aromatic heterocycles. The van der Waals surface area contributed by atoms with Crippen LogP contribution in [-0.2, 0) is 0 Å². The molecule has 0 aliphatic carbocycles. The van der Waals surface area contributed by atoms with Crippen LogP contribution in [0.1, 0.15) is 13.8 Å². The fraction of sp³-hybridized carbons (Fsp3) is 1.00. The van der Waals surface area contributed by atoms with Crippen molar-refractivity contribution in [2.24, 2.45) is 0 Å². The minimum absolute atomic E-state index is 0.815. The maximum atomic E-state index is 10.9. The third-order valence-electron chi connectivity index (χ3n) is 1.17. The second kappa shape index (κ2) is 7.36. The standard InChI is InChI=1S/C3HF6O.2C2H5.Al/c4-2(5,6)1(10)3(7,8)9;2*1-2;/h1H;2*1H2,2H3;/q-1;;;+1. The van der Waals surface area contributed by atoms with Gasteiger partial charge in [-0.2, -0.15) is 26.3 Å². The van der Waals surface area contributed by atoms with E-state index < -0.39 is 18.5 Å². The summed E-state index contributed by atoms with van der Waals surface area (Å²) in [4.78, 5) is 0. The summed E-state index contributed by atoms with van der Waals surface area (Å²) in [6.07, 6.45) is -16.0. The van der Waals surface area contributed by atoms with Gasteiger partial charge in [-0.05, 0) is 0 Å². The van der Waals surface area contributed by atoms with Gasteiger partial charge in [0.2, 0.25) is 0 Å². The van der Waals surface area contributed by atoms with Gasteiger partial charge in [-0.25, -0.2) is 0 Å². The van der Waals surface area contributed by atoms with Gasteiger partial charge in [-0.15, -0.1) is 0 Å². The molecule has 0 saturated heterocycles. The Bertz CT molecular complexity index is 139. The maximum absolute atomic E-state index is 10.9. The van der Waals surface area contributed by atoms with Crippen molar-refractivity contribution >= 4 is 15.2 Å². The van der Waals surface area contributed by atoms with Crippen LogP contribution in [0.5, 0.6) is 0 Å². The first-order chi connectivity index (χ1) is 6.57. The van der Waals surface area contributed by atoms with Crippen LogP contribution in [0, 0.1) is 0 Å². The van der Waals surface area contributed by atoms with E-state index in [1.165, 1.54) is 10.6 Å². The third kappa shape index (κ3) is 10.4. The molecule has 0 aliphatic rings. The predicted octanol–water partition coefficient (Wildman–Crippen LogP) is 2.41. The molecule has 1 nitrogen and oxygen atoms in total. The van der Waals surface area contributed by atoms with Crippen LogP contribution < -0.4 is 5.11 Å². The molecule has 0 aromatic rings. The van der Waals surface area contributed by atoms with Crippen LogP contribution in [0.15, 0.2) is 0 Å². The molecule has 0 bridgehead atoms. The molecule has 0 heterocycles. The molecule has 0 rings (SSSR count). The smallest absolute Gasteiger partial charge is 0.385 e. The number of rotatable bonds is 2. The summed E-state index contributed by atoms with van der Waals surface area (Å²) < 4.78 is 65.5. The number of halogens is 6. The average molecular weight is 252 g/mol. The molecular weight excluding hydrogens is 241 g/mol. The van der Waals surface area contributed by atoms with Crippen LogP contribution in [0.25, 0.3) is 0 Å². The first kappa shape index (κ1) is 17.5. The van der Waals surface area contributed by atoms with Crippen molar-refractivity contribution in [2.75, 3.05) is 0 Å². The molecule has 0 amide bonds. The van der Waals surface area contributed by atoms with Crippen molar-refractivity contribution in [3.8, 4) is 0 Å². The van der Waals surface area contributed by atoms with E-state index in [4.69, 9.17) is 0 Å². The van der Waals surface area contributed by atoms with Crippen molar-refractivity contribution < 1.29 is 31.4 Å². The number of alkyl halides is 6. The van der Waals surface area contributed by atoms with E-state index in [2.05, 4.69) is 13.8 Å². The van der Waals surface area contributed by atoms with E-state index in [-0.39, 0.29) is 0 Å². The van der Waals surface area contributed by atoms with Crippen molar-refractivity contribution in [3.63, 3.8) is 0 Å². The average Bonchev–Trinajstić information content (AvgIpc) is 2.02. The monoisotopic (exact) mass is 252 g/mol. The van der Waals surface area contributed by atoms with E-state index in [9.17, 15) is 31.4 Å². The number of hydrogen-bond acceptors (Lipinski definition) is 1. The van der Waals surface area contributed by atoms with Gasteiger partial charge in [0.25, 0.3) is 0 Å². The summed E-state index contributed by atoms with van der Waals surface area (Å²) >= 11 is 0.815. The van der Waals surface area contributed by atoms with E-state index in [0.717, 1.165) is 15.2 Å². The molecule has 0 saturated carbocycles. The van der Waals surface area contributed by atoms with E-state index in [0.29, 0.717) is 0 Å². The molecule has 0 aromatic carbocycles. The van der Waals surface area contributed by atoms with Gasteiger partial charge >= 0.3 is 52.0 Å². The van der Waals surface area contributed by atoms with Crippen molar-refractivity contribution in [3.05, 3.63) is 0 Å². The van der Waals surface area contributed by atoms with Crippen LogP contribution in [-0.4, -0.2) is 33.7 Å². The Balaban J connectivity index is 0. The van der Waals surface area contributed by atoms with Gasteiger partial charge in [-0.1, -0.05) is 0 Å². The van der Waals surface area contributed by atoms with Crippen LogP contribution in [0.4, 0.5) is 26.3 Å². The zero-order chi connectivity index (χ0) is 12.7. The molecule has 0 aliphatic heterocycles. The Kier molecular flexibility index (Phi) is 8.57. The summed E-state index contributed by atoms with van der Waals surface area (Å²) in [5.41, 5.74) is 0. The van der Waals surface area contributed by atoms with Gasteiger partial charge < -0.3 is 5.11 Å². The molecule has 15 heavy (non-hydrogen) atoms. The van der Waals surface area contributed by atoms with Gasteiger partial charge in [0.1, 0.15) is 0 Å². The zero-order valence-corrected chi connectivity index (χ0v) is 9.40. The second-order valence-electron chi connectivity index (χ2n) is 2.57. The Morgan fingerprint density at radius 1 is 0.933 bits per heavy atom. The summed E-state index contributed by atoms with van der Waals surface area (Å²) in [6.45, 7) is 4.50. The van der Waals surface area contributed by atoms with E-state index in [1.54, 1.807) is 0 Å². The molecule has 8 heteroatoms. The largest absolute Gasteiger partial charge is 0.839 e. The van der Waals surface area contributed by atoms with Crippen molar-refractivity contribution in [2.45, 2.75) is 42.9 Å². The Morgan fingerprint density at radius 2 is 1.20 bits per heavy atom. The first-order valence-corrected chi connectivity index (χ1v) is 5.81. The molecule has 90 valence electrons. The maximum Gasteiger partial charge on any atom is 0.385 e. The normalized spacial score (nSPS) is 11.9. The summed E-state index contributed by atoms with van der Waals surface area (Å²) in [7, 11) is 0. The fourth-order valence-corrected chi connectivity index (χ4v) is 1.05. The molecule has 0 unspecified atom stereocenters. The second-order valence-corrected chi connectivity index (χ2v) is 4.78. The van der Waals surface area contributed by atoms with Crippen LogP contribution in [0.3, 0.4) is 0 Å². The van der Waals surface area contributed by atoms with Gasteiger partial charge in [0, 0.05) is 0 Å². The summed E-state index contributed by atoms with van der Waals surface area (Å²) in [5, 5.41) is 12.2. The minimum Gasteiger partial charge on any atom is -0.839 e. The summed E-state index contributed by atoms with van der Waals surface area (Å²) in [6, 6.07) is 0. The molecule has 0 atom stereocenters. The van der Waals surface area contributed by atoms with Crippen LogP contribution in [0.2, 0.25) is 10.6 Å². The molecule has 0 fully saturated rings. The Labute approximate surface area is 90.2 Å². The first-order valence-electron chi connectivity index (χ1n) is 4.18.